The van der Waals surface area contributed by atoms with Gasteiger partial charge in [0.1, 0.15) is 6.10 Å². The summed E-state index contributed by atoms with van der Waals surface area (Å²) in [5.41, 5.74) is 1.23. The van der Waals surface area contributed by atoms with Crippen LogP contribution < -0.4 is 0 Å². The van der Waals surface area contributed by atoms with Crippen LogP contribution in [0.3, 0.4) is 0 Å². The van der Waals surface area contributed by atoms with Crippen molar-refractivity contribution in [2.45, 2.75) is 33.3 Å². The Hall–Kier alpha value is -0.140. The van der Waals surface area contributed by atoms with E-state index in [9.17, 15) is 0 Å². The third kappa shape index (κ3) is 4.22. The number of halogens is 1. The van der Waals surface area contributed by atoms with Crippen molar-refractivity contribution in [2.75, 3.05) is 13.1 Å². The summed E-state index contributed by atoms with van der Waals surface area (Å²) in [6, 6.07) is 10.3. The second-order valence-electron chi connectivity index (χ2n) is 3.64. The Labute approximate surface area is 111 Å². The predicted octanol–water partition coefficient (Wildman–Crippen LogP) is 4.96. The van der Waals surface area contributed by atoms with Crippen LogP contribution in [0.15, 0.2) is 30.3 Å². The smallest absolute Gasteiger partial charge is 0.207 e. The van der Waals surface area contributed by atoms with Gasteiger partial charge in [-0.3, -0.25) is 0 Å². The molecule has 0 saturated carbocycles. The van der Waals surface area contributed by atoms with Gasteiger partial charge in [0, 0.05) is 13.1 Å². The van der Waals surface area contributed by atoms with E-state index in [-0.39, 0.29) is 6.10 Å². The third-order valence-electron chi connectivity index (χ3n) is 2.47. The molecule has 1 aromatic rings. The summed E-state index contributed by atoms with van der Waals surface area (Å²) in [5.74, 6) is 0. The molecule has 2 unspecified atom stereocenters. The molecule has 4 heteroatoms. The molecule has 2 nitrogen and oxygen atoms in total. The number of rotatable bonds is 3. The predicted molar refractivity (Wildman–Crippen MR) is 76.3 cm³/mol. The van der Waals surface area contributed by atoms with Crippen LogP contribution in [-0.2, 0) is 4.52 Å². The first kappa shape index (κ1) is 14.9. The number of hydrogen-bond acceptors (Lipinski definition) is 2. The van der Waals surface area contributed by atoms with Crippen molar-refractivity contribution in [2.24, 2.45) is 0 Å². The van der Waals surface area contributed by atoms with E-state index in [0.717, 1.165) is 19.5 Å². The Balaban J connectivity index is 0.000000686. The van der Waals surface area contributed by atoms with E-state index in [1.54, 1.807) is 0 Å². The molecule has 0 spiro atoms. The summed E-state index contributed by atoms with van der Waals surface area (Å²) in [5, 5.41) is 0. The average molecular weight is 274 g/mol. The lowest BCUT2D eigenvalue weighted by Crippen LogP contribution is -2.15. The molecule has 2 rings (SSSR count). The Bertz CT molecular complexity index is 310. The minimum absolute atomic E-state index is 0.154. The van der Waals surface area contributed by atoms with Crippen LogP contribution in [0, 0.1) is 0 Å². The molecule has 17 heavy (non-hydrogen) atoms. The SMILES string of the molecule is CC.CCCN1CC(c2ccccc2)OP1Cl. The monoisotopic (exact) mass is 273 g/mol. The van der Waals surface area contributed by atoms with Crippen LogP contribution in [-0.4, -0.2) is 17.8 Å². The lowest BCUT2D eigenvalue weighted by atomic mass is 10.1. The Morgan fingerprint density at radius 3 is 2.59 bits per heavy atom. The second kappa shape index (κ2) is 8.05. The van der Waals surface area contributed by atoms with Gasteiger partial charge < -0.3 is 4.52 Å². The van der Waals surface area contributed by atoms with E-state index >= 15 is 0 Å². The maximum Gasteiger partial charge on any atom is 0.207 e. The maximum absolute atomic E-state index is 6.17. The normalized spacial score (nSPS) is 24.2. The number of nitrogens with zero attached hydrogens (tertiary/aromatic N) is 1. The standard InChI is InChI=1S/C11H15ClNOP.C2H6/c1-2-8-13-9-11(14-15(13)12)10-6-4-3-5-7-10;1-2/h3-7,11H,2,8-9H2,1H3;1-2H3. The van der Waals surface area contributed by atoms with Gasteiger partial charge >= 0.3 is 0 Å². The molecule has 1 aliphatic rings. The van der Waals surface area contributed by atoms with Crippen molar-refractivity contribution < 1.29 is 4.52 Å². The van der Waals surface area contributed by atoms with Gasteiger partial charge in [0.25, 0.3) is 0 Å². The van der Waals surface area contributed by atoms with Crippen molar-refractivity contribution in [3.05, 3.63) is 35.9 Å². The van der Waals surface area contributed by atoms with Crippen LogP contribution in [0.5, 0.6) is 0 Å². The molecule has 0 amide bonds. The highest BCUT2D eigenvalue weighted by Gasteiger charge is 2.32. The second-order valence-corrected chi connectivity index (χ2v) is 5.74. The van der Waals surface area contributed by atoms with Crippen molar-refractivity contribution in [1.82, 2.24) is 4.67 Å². The minimum Gasteiger partial charge on any atom is -0.322 e. The van der Waals surface area contributed by atoms with Gasteiger partial charge in [-0.15, -0.1) is 0 Å². The molecule has 1 fully saturated rings. The Morgan fingerprint density at radius 2 is 2.00 bits per heavy atom. The third-order valence-corrected chi connectivity index (χ3v) is 4.58. The maximum atomic E-state index is 6.17. The van der Waals surface area contributed by atoms with E-state index in [2.05, 4.69) is 23.7 Å². The lowest BCUT2D eigenvalue weighted by molar-refractivity contribution is 0.263. The van der Waals surface area contributed by atoms with Gasteiger partial charge in [-0.05, 0) is 23.2 Å². The lowest BCUT2D eigenvalue weighted by Gasteiger charge is -2.13. The molecule has 0 aromatic heterocycles. The zero-order valence-electron chi connectivity index (χ0n) is 10.8. The molecule has 0 aliphatic carbocycles. The highest BCUT2D eigenvalue weighted by molar-refractivity contribution is 7.78. The summed E-state index contributed by atoms with van der Waals surface area (Å²) in [6.45, 7) is 8.11. The van der Waals surface area contributed by atoms with E-state index in [0.29, 0.717) is 0 Å². The Morgan fingerprint density at radius 1 is 1.35 bits per heavy atom. The molecule has 0 bridgehead atoms. The van der Waals surface area contributed by atoms with Crippen LogP contribution in [0.1, 0.15) is 38.9 Å². The molecule has 0 N–H and O–H groups in total. The highest BCUT2D eigenvalue weighted by atomic mass is 35.7. The van der Waals surface area contributed by atoms with E-state index in [4.69, 9.17) is 15.8 Å². The quantitative estimate of drug-likeness (QED) is 0.722. The fourth-order valence-electron chi connectivity index (χ4n) is 1.72. The molecular formula is C13H21ClNOP. The molecule has 1 aromatic carbocycles. The summed E-state index contributed by atoms with van der Waals surface area (Å²) >= 11 is 6.17. The topological polar surface area (TPSA) is 12.5 Å². The first-order valence-corrected chi connectivity index (χ1v) is 8.35. The van der Waals surface area contributed by atoms with Crippen LogP contribution in [0.25, 0.3) is 0 Å². The van der Waals surface area contributed by atoms with Gasteiger partial charge in [-0.1, -0.05) is 51.1 Å². The van der Waals surface area contributed by atoms with E-state index in [1.807, 2.05) is 32.0 Å². The largest absolute Gasteiger partial charge is 0.322 e. The molecule has 96 valence electrons. The summed E-state index contributed by atoms with van der Waals surface area (Å²) in [7, 11) is -0.892. The molecular weight excluding hydrogens is 253 g/mol. The zero-order chi connectivity index (χ0) is 12.7. The summed E-state index contributed by atoms with van der Waals surface area (Å²) in [4.78, 5) is 0. The Kier molecular flexibility index (Phi) is 7.06. The van der Waals surface area contributed by atoms with Crippen LogP contribution >= 0.6 is 18.9 Å². The zero-order valence-corrected chi connectivity index (χ0v) is 12.4. The number of benzene rings is 1. The van der Waals surface area contributed by atoms with E-state index in [1.165, 1.54) is 5.56 Å². The first-order valence-electron chi connectivity index (χ1n) is 6.23. The molecule has 2 atom stereocenters. The van der Waals surface area contributed by atoms with Crippen molar-refractivity contribution in [3.63, 3.8) is 0 Å². The van der Waals surface area contributed by atoms with E-state index < -0.39 is 7.65 Å². The summed E-state index contributed by atoms with van der Waals surface area (Å²) in [6.07, 6.45) is 1.28. The van der Waals surface area contributed by atoms with Crippen LogP contribution in [0.2, 0.25) is 0 Å². The minimum atomic E-state index is -0.892. The molecule has 1 aliphatic heterocycles. The van der Waals surface area contributed by atoms with Crippen molar-refractivity contribution in [3.8, 4) is 0 Å². The fraction of sp³-hybridized carbons (Fsp3) is 0.538. The molecule has 1 saturated heterocycles. The average Bonchev–Trinajstić information content (AvgIpc) is 2.75. The highest BCUT2D eigenvalue weighted by Crippen LogP contribution is 2.56. The van der Waals surface area contributed by atoms with Crippen molar-refractivity contribution in [1.29, 1.82) is 0 Å². The molecule has 1 heterocycles. The van der Waals surface area contributed by atoms with Gasteiger partial charge in [0.2, 0.25) is 7.65 Å². The van der Waals surface area contributed by atoms with Gasteiger partial charge in [-0.2, -0.15) is 0 Å². The van der Waals surface area contributed by atoms with Crippen LogP contribution in [0.4, 0.5) is 0 Å². The van der Waals surface area contributed by atoms with Gasteiger partial charge in [-0.25, -0.2) is 4.67 Å². The fourth-order valence-corrected chi connectivity index (χ4v) is 3.59. The first-order chi connectivity index (χ1) is 8.31. The number of hydrogen-bond donors (Lipinski definition) is 0. The van der Waals surface area contributed by atoms with Crippen molar-refractivity contribution >= 4 is 18.9 Å². The van der Waals surface area contributed by atoms with Gasteiger partial charge in [0.15, 0.2) is 0 Å². The van der Waals surface area contributed by atoms with Gasteiger partial charge in [0.05, 0.1) is 0 Å². The molecule has 0 radical (unpaired) electrons. The summed E-state index contributed by atoms with van der Waals surface area (Å²) < 4.78 is 8.00.